The van der Waals surface area contributed by atoms with Crippen LogP contribution in [0.3, 0.4) is 0 Å². The Morgan fingerprint density at radius 3 is 2.72 bits per heavy atom. The summed E-state index contributed by atoms with van der Waals surface area (Å²) in [7, 11) is 0. The first kappa shape index (κ1) is 13.2. The van der Waals surface area contributed by atoms with Crippen LogP contribution in [0.5, 0.6) is 0 Å². The van der Waals surface area contributed by atoms with Gasteiger partial charge in [0.15, 0.2) is 0 Å². The van der Waals surface area contributed by atoms with E-state index < -0.39 is 5.97 Å². The van der Waals surface area contributed by atoms with Gasteiger partial charge >= 0.3 is 12.0 Å². The van der Waals surface area contributed by atoms with Gasteiger partial charge in [-0.3, -0.25) is 4.79 Å². The van der Waals surface area contributed by atoms with E-state index in [2.05, 4.69) is 12.2 Å². The summed E-state index contributed by atoms with van der Waals surface area (Å²) < 4.78 is 0. The highest BCUT2D eigenvalue weighted by Gasteiger charge is 2.30. The maximum absolute atomic E-state index is 12.0. The zero-order chi connectivity index (χ0) is 13.1. The van der Waals surface area contributed by atoms with Crippen LogP contribution in [0.15, 0.2) is 0 Å². The zero-order valence-corrected chi connectivity index (χ0v) is 10.9. The molecule has 0 radical (unpaired) electrons. The van der Waals surface area contributed by atoms with Crippen LogP contribution in [-0.4, -0.2) is 41.1 Å². The van der Waals surface area contributed by atoms with Gasteiger partial charge in [0.05, 0.1) is 0 Å². The fourth-order valence-corrected chi connectivity index (χ4v) is 2.95. The maximum atomic E-state index is 12.0. The smallest absolute Gasteiger partial charge is 0.317 e. The van der Waals surface area contributed by atoms with E-state index in [0.717, 1.165) is 38.1 Å². The molecule has 1 aliphatic heterocycles. The second-order valence-electron chi connectivity index (χ2n) is 5.78. The van der Waals surface area contributed by atoms with Gasteiger partial charge in [0.25, 0.3) is 0 Å². The first-order chi connectivity index (χ1) is 8.54. The van der Waals surface area contributed by atoms with E-state index in [-0.39, 0.29) is 18.4 Å². The van der Waals surface area contributed by atoms with Gasteiger partial charge in [-0.25, -0.2) is 4.79 Å². The molecular formula is C13H22N2O3. The minimum absolute atomic E-state index is 0.0120. The number of carboxylic acids is 1. The molecule has 1 aliphatic carbocycles. The van der Waals surface area contributed by atoms with Gasteiger partial charge in [-0.05, 0) is 37.5 Å². The molecule has 102 valence electrons. The molecule has 0 spiro atoms. The van der Waals surface area contributed by atoms with Crippen LogP contribution in [0.1, 0.15) is 39.0 Å². The number of amides is 2. The van der Waals surface area contributed by atoms with Crippen LogP contribution in [0.25, 0.3) is 0 Å². The van der Waals surface area contributed by atoms with E-state index in [1.165, 1.54) is 0 Å². The van der Waals surface area contributed by atoms with Crippen LogP contribution in [0.4, 0.5) is 4.79 Å². The van der Waals surface area contributed by atoms with Gasteiger partial charge in [-0.2, -0.15) is 0 Å². The van der Waals surface area contributed by atoms with E-state index in [1.807, 2.05) is 0 Å². The SMILES string of the molecule is CC1CC(NC(=O)N2CCCC(CC(=O)O)C2)C1. The van der Waals surface area contributed by atoms with Crippen molar-refractivity contribution >= 4 is 12.0 Å². The predicted octanol–water partition coefficient (Wildman–Crippen LogP) is 1.68. The monoisotopic (exact) mass is 254 g/mol. The molecule has 2 aliphatic rings. The second kappa shape index (κ2) is 5.59. The number of carbonyl (C=O) groups is 2. The molecule has 1 saturated carbocycles. The average Bonchev–Trinajstić information content (AvgIpc) is 2.26. The third-order valence-corrected chi connectivity index (χ3v) is 3.97. The Morgan fingerprint density at radius 1 is 1.39 bits per heavy atom. The molecule has 0 bridgehead atoms. The average molecular weight is 254 g/mol. The summed E-state index contributed by atoms with van der Waals surface area (Å²) in [4.78, 5) is 24.5. The van der Waals surface area contributed by atoms with E-state index >= 15 is 0 Å². The second-order valence-corrected chi connectivity index (χ2v) is 5.78. The number of hydrogen-bond donors (Lipinski definition) is 2. The largest absolute Gasteiger partial charge is 0.481 e. The summed E-state index contributed by atoms with van der Waals surface area (Å²) in [6.07, 6.45) is 4.13. The van der Waals surface area contributed by atoms with Crippen molar-refractivity contribution in [2.45, 2.75) is 45.1 Å². The number of likely N-dealkylation sites (tertiary alicyclic amines) is 1. The van der Waals surface area contributed by atoms with Gasteiger partial charge in [-0.1, -0.05) is 6.92 Å². The predicted molar refractivity (Wildman–Crippen MR) is 67.3 cm³/mol. The quantitative estimate of drug-likeness (QED) is 0.805. The topological polar surface area (TPSA) is 69.6 Å². The molecule has 1 heterocycles. The van der Waals surface area contributed by atoms with E-state index in [9.17, 15) is 9.59 Å². The number of hydrogen-bond acceptors (Lipinski definition) is 2. The molecule has 18 heavy (non-hydrogen) atoms. The Morgan fingerprint density at radius 2 is 2.11 bits per heavy atom. The van der Waals surface area contributed by atoms with Crippen molar-refractivity contribution in [3.8, 4) is 0 Å². The van der Waals surface area contributed by atoms with E-state index in [1.54, 1.807) is 4.90 Å². The van der Waals surface area contributed by atoms with Crippen LogP contribution in [0, 0.1) is 11.8 Å². The summed E-state index contributed by atoms with van der Waals surface area (Å²) in [5.74, 6) is 0.0637. The van der Waals surface area contributed by atoms with Crippen LogP contribution in [-0.2, 0) is 4.79 Å². The molecule has 2 amide bonds. The summed E-state index contributed by atoms with van der Waals surface area (Å²) >= 11 is 0. The van der Waals surface area contributed by atoms with Crippen molar-refractivity contribution in [3.05, 3.63) is 0 Å². The zero-order valence-electron chi connectivity index (χ0n) is 10.9. The molecule has 1 saturated heterocycles. The lowest BCUT2D eigenvalue weighted by molar-refractivity contribution is -0.138. The van der Waals surface area contributed by atoms with Crippen molar-refractivity contribution in [2.24, 2.45) is 11.8 Å². The maximum Gasteiger partial charge on any atom is 0.317 e. The Balaban J connectivity index is 1.77. The molecule has 0 aromatic carbocycles. The van der Waals surface area contributed by atoms with Gasteiger partial charge in [-0.15, -0.1) is 0 Å². The Hall–Kier alpha value is -1.26. The Kier molecular flexibility index (Phi) is 4.09. The minimum atomic E-state index is -0.768. The van der Waals surface area contributed by atoms with Gasteiger partial charge in [0.1, 0.15) is 0 Å². The van der Waals surface area contributed by atoms with Gasteiger partial charge < -0.3 is 15.3 Å². The lowest BCUT2D eigenvalue weighted by atomic mass is 9.82. The highest BCUT2D eigenvalue weighted by molar-refractivity contribution is 5.75. The molecule has 1 unspecified atom stereocenters. The molecule has 2 rings (SSSR count). The highest BCUT2D eigenvalue weighted by atomic mass is 16.4. The third-order valence-electron chi connectivity index (χ3n) is 3.97. The van der Waals surface area contributed by atoms with Gasteiger partial charge in [0.2, 0.25) is 0 Å². The summed E-state index contributed by atoms with van der Waals surface area (Å²) in [5.41, 5.74) is 0. The number of rotatable bonds is 3. The van der Waals surface area contributed by atoms with E-state index in [0.29, 0.717) is 12.6 Å². The highest BCUT2D eigenvalue weighted by Crippen LogP contribution is 2.27. The summed E-state index contributed by atoms with van der Waals surface area (Å²) in [6.45, 7) is 3.52. The number of nitrogens with one attached hydrogen (secondary N) is 1. The molecular weight excluding hydrogens is 232 g/mol. The number of urea groups is 1. The van der Waals surface area contributed by atoms with Crippen molar-refractivity contribution in [1.82, 2.24) is 10.2 Å². The lowest BCUT2D eigenvalue weighted by Crippen LogP contribution is -2.51. The van der Waals surface area contributed by atoms with Crippen molar-refractivity contribution in [2.75, 3.05) is 13.1 Å². The molecule has 0 aromatic rings. The normalized spacial score (nSPS) is 31.6. The van der Waals surface area contributed by atoms with Crippen molar-refractivity contribution in [3.63, 3.8) is 0 Å². The molecule has 2 fully saturated rings. The fourth-order valence-electron chi connectivity index (χ4n) is 2.95. The standard InChI is InChI=1S/C13H22N2O3/c1-9-5-11(6-9)14-13(18)15-4-2-3-10(8-15)7-12(16)17/h9-11H,2-8H2,1H3,(H,14,18)(H,16,17). The lowest BCUT2D eigenvalue weighted by Gasteiger charge is -2.37. The Labute approximate surface area is 108 Å². The molecule has 0 aromatic heterocycles. The molecule has 1 atom stereocenters. The first-order valence-corrected chi connectivity index (χ1v) is 6.82. The number of piperidine rings is 1. The van der Waals surface area contributed by atoms with Crippen LogP contribution < -0.4 is 5.32 Å². The minimum Gasteiger partial charge on any atom is -0.481 e. The number of carboxylic acid groups (broad SMARTS) is 1. The van der Waals surface area contributed by atoms with Crippen LogP contribution >= 0.6 is 0 Å². The van der Waals surface area contributed by atoms with Crippen molar-refractivity contribution in [1.29, 1.82) is 0 Å². The summed E-state index contributed by atoms with van der Waals surface area (Å²) in [6, 6.07) is 0.314. The summed E-state index contributed by atoms with van der Waals surface area (Å²) in [5, 5.41) is 11.8. The van der Waals surface area contributed by atoms with Crippen LogP contribution in [0.2, 0.25) is 0 Å². The van der Waals surface area contributed by atoms with E-state index in [4.69, 9.17) is 5.11 Å². The number of carbonyl (C=O) groups excluding carboxylic acids is 1. The Bertz CT molecular complexity index is 326. The molecule has 2 N–H and O–H groups in total. The first-order valence-electron chi connectivity index (χ1n) is 6.82. The fraction of sp³-hybridized carbons (Fsp3) is 0.846. The molecule has 5 nitrogen and oxygen atoms in total. The third kappa shape index (κ3) is 3.37. The molecule has 5 heteroatoms. The van der Waals surface area contributed by atoms with Crippen molar-refractivity contribution < 1.29 is 14.7 Å². The number of nitrogens with zero attached hydrogens (tertiary/aromatic N) is 1. The van der Waals surface area contributed by atoms with Gasteiger partial charge in [0, 0.05) is 25.6 Å². The number of aliphatic carboxylic acids is 1.